The molecule has 1 aliphatic heterocycles. The maximum Gasteiger partial charge on any atom is 0.265 e. The second-order valence-corrected chi connectivity index (χ2v) is 6.14. The van der Waals surface area contributed by atoms with Crippen molar-refractivity contribution in [3.05, 3.63) is 60.2 Å². The van der Waals surface area contributed by atoms with Gasteiger partial charge in [-0.25, -0.2) is 0 Å². The summed E-state index contributed by atoms with van der Waals surface area (Å²) < 4.78 is 5.42. The zero-order chi connectivity index (χ0) is 18.4. The van der Waals surface area contributed by atoms with E-state index in [1.54, 1.807) is 17.0 Å². The van der Waals surface area contributed by atoms with Gasteiger partial charge in [0.1, 0.15) is 12.3 Å². The molecule has 0 aliphatic carbocycles. The molecule has 0 saturated heterocycles. The van der Waals surface area contributed by atoms with Crippen LogP contribution in [0.2, 0.25) is 0 Å². The Morgan fingerprint density at radius 1 is 1.07 bits per heavy atom. The molecule has 144 valence electrons. The number of halogens is 1. The Morgan fingerprint density at radius 2 is 1.78 bits per heavy atom. The number of hydrogen-bond acceptors (Lipinski definition) is 4. The van der Waals surface area contributed by atoms with Crippen molar-refractivity contribution in [1.29, 1.82) is 0 Å². The molecule has 0 saturated carbocycles. The highest BCUT2D eigenvalue weighted by molar-refractivity contribution is 6.02. The van der Waals surface area contributed by atoms with Crippen LogP contribution in [0.25, 0.3) is 0 Å². The first kappa shape index (κ1) is 20.7. The van der Waals surface area contributed by atoms with Gasteiger partial charge in [-0.05, 0) is 24.1 Å². The summed E-state index contributed by atoms with van der Waals surface area (Å²) >= 11 is 0. The fourth-order valence-electron chi connectivity index (χ4n) is 2.99. The smallest absolute Gasteiger partial charge is 0.265 e. The van der Waals surface area contributed by atoms with E-state index in [0.29, 0.717) is 31.1 Å². The first-order valence-corrected chi connectivity index (χ1v) is 8.73. The fraction of sp³-hybridized carbons (Fsp3) is 0.300. The van der Waals surface area contributed by atoms with Crippen molar-refractivity contribution in [3.63, 3.8) is 0 Å². The van der Waals surface area contributed by atoms with Crippen molar-refractivity contribution >= 4 is 29.9 Å². The number of benzene rings is 2. The maximum atomic E-state index is 12.8. The summed E-state index contributed by atoms with van der Waals surface area (Å²) in [5.41, 5.74) is 7.47. The molecule has 27 heavy (non-hydrogen) atoms. The van der Waals surface area contributed by atoms with Gasteiger partial charge in [0, 0.05) is 19.6 Å². The highest BCUT2D eigenvalue weighted by atomic mass is 35.5. The average Bonchev–Trinajstić information content (AvgIpc) is 2.68. The van der Waals surface area contributed by atoms with Crippen LogP contribution in [-0.4, -0.2) is 49.5 Å². The number of carbonyl (C=O) groups excluding carboxylic acids is 2. The normalized spacial score (nSPS) is 12.6. The summed E-state index contributed by atoms with van der Waals surface area (Å²) in [6, 6.07) is 17.2. The molecule has 0 radical (unpaired) electrons. The van der Waals surface area contributed by atoms with E-state index in [2.05, 4.69) is 0 Å². The van der Waals surface area contributed by atoms with Gasteiger partial charge in [0.05, 0.1) is 5.69 Å². The second-order valence-electron chi connectivity index (χ2n) is 6.14. The summed E-state index contributed by atoms with van der Waals surface area (Å²) in [5, 5.41) is 0. The van der Waals surface area contributed by atoms with E-state index < -0.39 is 0 Å². The van der Waals surface area contributed by atoms with E-state index >= 15 is 0 Å². The van der Waals surface area contributed by atoms with Crippen molar-refractivity contribution in [2.75, 3.05) is 37.7 Å². The maximum absolute atomic E-state index is 12.8. The van der Waals surface area contributed by atoms with Gasteiger partial charge < -0.3 is 15.4 Å². The molecule has 0 aromatic heterocycles. The highest BCUT2D eigenvalue weighted by Gasteiger charge is 2.28. The SMILES string of the molecule is Cl.NCCN(CCc1ccccc1)C(=O)CN1C(=O)COc2ccccc21. The Balaban J connectivity index is 0.00000261. The number of nitrogens with two attached hydrogens (primary N) is 1. The largest absolute Gasteiger partial charge is 0.482 e. The van der Waals surface area contributed by atoms with Crippen LogP contribution >= 0.6 is 12.4 Å². The van der Waals surface area contributed by atoms with Gasteiger partial charge in [-0.15, -0.1) is 12.4 Å². The molecular weight excluding hydrogens is 366 g/mol. The van der Waals surface area contributed by atoms with Crippen LogP contribution in [0.3, 0.4) is 0 Å². The van der Waals surface area contributed by atoms with Crippen LogP contribution in [0, 0.1) is 0 Å². The van der Waals surface area contributed by atoms with Gasteiger partial charge in [0.2, 0.25) is 5.91 Å². The number of rotatable bonds is 7. The molecule has 2 aromatic carbocycles. The Hall–Kier alpha value is -2.57. The lowest BCUT2D eigenvalue weighted by molar-refractivity contribution is -0.131. The van der Waals surface area contributed by atoms with Crippen molar-refractivity contribution in [2.24, 2.45) is 5.73 Å². The fourth-order valence-corrected chi connectivity index (χ4v) is 2.99. The molecule has 0 atom stereocenters. The summed E-state index contributed by atoms with van der Waals surface area (Å²) in [6.07, 6.45) is 0.750. The summed E-state index contributed by atoms with van der Waals surface area (Å²) in [4.78, 5) is 28.3. The Bertz CT molecular complexity index is 770. The zero-order valence-corrected chi connectivity index (χ0v) is 15.9. The van der Waals surface area contributed by atoms with Gasteiger partial charge in [-0.1, -0.05) is 42.5 Å². The van der Waals surface area contributed by atoms with E-state index in [0.717, 1.165) is 12.0 Å². The number of para-hydroxylation sites is 2. The quantitative estimate of drug-likeness (QED) is 0.784. The van der Waals surface area contributed by atoms with Crippen LogP contribution < -0.4 is 15.4 Å². The van der Waals surface area contributed by atoms with E-state index in [-0.39, 0.29) is 37.4 Å². The monoisotopic (exact) mass is 389 g/mol. The third kappa shape index (κ3) is 5.21. The number of carbonyl (C=O) groups is 2. The number of nitrogens with zero attached hydrogens (tertiary/aromatic N) is 2. The third-order valence-electron chi connectivity index (χ3n) is 4.37. The number of amides is 2. The molecule has 2 amide bonds. The molecule has 1 heterocycles. The van der Waals surface area contributed by atoms with Crippen LogP contribution in [0.15, 0.2) is 54.6 Å². The van der Waals surface area contributed by atoms with Crippen LogP contribution in [0.1, 0.15) is 5.56 Å². The molecule has 0 fully saturated rings. The Kier molecular flexibility index (Phi) is 7.64. The van der Waals surface area contributed by atoms with E-state index in [1.165, 1.54) is 4.90 Å². The molecular formula is C20H24ClN3O3. The molecule has 0 unspecified atom stereocenters. The molecule has 0 bridgehead atoms. The van der Waals surface area contributed by atoms with E-state index in [1.807, 2.05) is 42.5 Å². The minimum atomic E-state index is -0.215. The molecule has 0 spiro atoms. The van der Waals surface area contributed by atoms with Crippen molar-refractivity contribution in [2.45, 2.75) is 6.42 Å². The van der Waals surface area contributed by atoms with Gasteiger partial charge in [0.25, 0.3) is 5.91 Å². The lowest BCUT2D eigenvalue weighted by Gasteiger charge is -2.31. The van der Waals surface area contributed by atoms with Crippen molar-refractivity contribution < 1.29 is 14.3 Å². The lowest BCUT2D eigenvalue weighted by atomic mass is 10.1. The molecule has 1 aliphatic rings. The van der Waals surface area contributed by atoms with E-state index in [9.17, 15) is 9.59 Å². The Labute approximate surface area is 165 Å². The van der Waals surface area contributed by atoms with Gasteiger partial charge in [0.15, 0.2) is 6.61 Å². The lowest BCUT2D eigenvalue weighted by Crippen LogP contribution is -2.47. The van der Waals surface area contributed by atoms with Crippen LogP contribution in [-0.2, 0) is 16.0 Å². The predicted octanol–water partition coefficient (Wildman–Crippen LogP) is 1.86. The third-order valence-corrected chi connectivity index (χ3v) is 4.37. The number of fused-ring (bicyclic) bond motifs is 1. The standard InChI is InChI=1S/C20H23N3O3.ClH/c21-11-13-22(12-10-16-6-2-1-3-7-16)19(24)14-23-17-8-4-5-9-18(17)26-15-20(23)25;/h1-9H,10-15,21H2;1H. The van der Waals surface area contributed by atoms with Gasteiger partial charge >= 0.3 is 0 Å². The summed E-state index contributed by atoms with van der Waals surface area (Å²) in [7, 11) is 0. The zero-order valence-electron chi connectivity index (χ0n) is 15.0. The van der Waals surface area contributed by atoms with Crippen LogP contribution in [0.5, 0.6) is 5.75 Å². The summed E-state index contributed by atoms with van der Waals surface area (Å²) in [6.45, 7) is 1.36. The molecule has 6 nitrogen and oxygen atoms in total. The first-order valence-electron chi connectivity index (χ1n) is 8.73. The molecule has 7 heteroatoms. The predicted molar refractivity (Wildman–Crippen MR) is 107 cm³/mol. The van der Waals surface area contributed by atoms with Crippen LogP contribution in [0.4, 0.5) is 5.69 Å². The minimum absolute atomic E-state index is 0. The number of ether oxygens (including phenoxy) is 1. The second kappa shape index (κ2) is 9.94. The average molecular weight is 390 g/mol. The summed E-state index contributed by atoms with van der Waals surface area (Å²) in [5.74, 6) is 0.291. The molecule has 3 rings (SSSR count). The highest BCUT2D eigenvalue weighted by Crippen LogP contribution is 2.31. The van der Waals surface area contributed by atoms with Crippen molar-refractivity contribution in [3.8, 4) is 5.75 Å². The molecule has 2 aromatic rings. The van der Waals surface area contributed by atoms with Crippen molar-refractivity contribution in [1.82, 2.24) is 4.90 Å². The Morgan fingerprint density at radius 3 is 2.52 bits per heavy atom. The molecule has 2 N–H and O–H groups in total. The number of anilines is 1. The minimum Gasteiger partial charge on any atom is -0.482 e. The number of hydrogen-bond donors (Lipinski definition) is 1. The van der Waals surface area contributed by atoms with Gasteiger partial charge in [-0.3, -0.25) is 14.5 Å². The first-order chi connectivity index (χ1) is 12.7. The topological polar surface area (TPSA) is 75.9 Å². The van der Waals surface area contributed by atoms with E-state index in [4.69, 9.17) is 10.5 Å². The van der Waals surface area contributed by atoms with Gasteiger partial charge in [-0.2, -0.15) is 0 Å².